The number of carbonyl (C=O) groups excluding carboxylic acids is 1. The maximum atomic E-state index is 12.5. The molecule has 0 fully saturated rings. The van der Waals surface area contributed by atoms with Gasteiger partial charge in [0, 0.05) is 41.3 Å². The molecule has 1 amide bonds. The van der Waals surface area contributed by atoms with Crippen LogP contribution in [0.15, 0.2) is 78.0 Å². The van der Waals surface area contributed by atoms with Crippen LogP contribution < -0.4 is 16.6 Å². The predicted molar refractivity (Wildman–Crippen MR) is 127 cm³/mol. The molecule has 0 radical (unpaired) electrons. The fraction of sp³-hybridized carbons (Fsp3) is 0.0800. The molecular weight excluding hydrogens is 402 g/mol. The van der Waals surface area contributed by atoms with Gasteiger partial charge >= 0.3 is 0 Å². The Hall–Kier alpha value is -4.39. The molecule has 158 valence electrons. The lowest BCUT2D eigenvalue weighted by Crippen LogP contribution is -2.16. The Morgan fingerprint density at radius 1 is 1.03 bits per heavy atom. The van der Waals surface area contributed by atoms with Gasteiger partial charge in [0.15, 0.2) is 0 Å². The second-order valence-corrected chi connectivity index (χ2v) is 7.84. The summed E-state index contributed by atoms with van der Waals surface area (Å²) in [6, 6.07) is 19.1. The Kier molecular flexibility index (Phi) is 4.52. The number of amides is 1. The number of hydrogen-bond acceptors (Lipinski definition) is 4. The summed E-state index contributed by atoms with van der Waals surface area (Å²) in [6.45, 7) is 2.03. The maximum Gasteiger partial charge on any atom is 0.260 e. The van der Waals surface area contributed by atoms with E-state index in [1.807, 2.05) is 55.6 Å². The molecule has 3 N–H and O–H groups in total. The Morgan fingerprint density at radius 3 is 2.69 bits per heavy atom. The average Bonchev–Trinajstić information content (AvgIpc) is 3.21. The van der Waals surface area contributed by atoms with Gasteiger partial charge in [-0.15, -0.1) is 0 Å². The summed E-state index contributed by atoms with van der Waals surface area (Å²) in [5.74, 6) is -0.443. The van der Waals surface area contributed by atoms with Crippen LogP contribution in [0.1, 0.15) is 15.9 Å². The molecule has 0 saturated heterocycles. The van der Waals surface area contributed by atoms with Crippen LogP contribution in [0.25, 0.3) is 27.5 Å². The van der Waals surface area contributed by atoms with Crippen LogP contribution in [0, 0.1) is 6.92 Å². The van der Waals surface area contributed by atoms with Crippen molar-refractivity contribution in [1.29, 1.82) is 0 Å². The standard InChI is InChI=1S/C25H21N5O2/c1-15-3-6-19(30-10-9-16-11-17(24(26)31)4-8-23(16)30)13-22(15)28-18-5-7-21-20(12-18)25(32)29(2)14-27-21/h3-14,28H,1-2H3,(H2,26,31). The molecule has 0 spiro atoms. The molecule has 7 nitrogen and oxygen atoms in total. The fourth-order valence-electron chi connectivity index (χ4n) is 3.86. The van der Waals surface area contributed by atoms with Crippen LogP contribution in [0.4, 0.5) is 11.4 Å². The maximum absolute atomic E-state index is 12.5. The SMILES string of the molecule is Cc1ccc(-n2ccc3cc(C(N)=O)ccc32)cc1Nc1ccc2ncn(C)c(=O)c2c1. The van der Waals surface area contributed by atoms with Crippen LogP contribution in [-0.2, 0) is 7.05 Å². The summed E-state index contributed by atoms with van der Waals surface area (Å²) >= 11 is 0. The third kappa shape index (κ3) is 3.30. The zero-order chi connectivity index (χ0) is 22.4. The molecule has 0 unspecified atom stereocenters. The number of benzene rings is 3. The summed E-state index contributed by atoms with van der Waals surface area (Å²) < 4.78 is 3.53. The fourth-order valence-corrected chi connectivity index (χ4v) is 3.86. The largest absolute Gasteiger partial charge is 0.366 e. The van der Waals surface area contributed by atoms with Gasteiger partial charge in [0.2, 0.25) is 5.91 Å². The van der Waals surface area contributed by atoms with Gasteiger partial charge in [0.25, 0.3) is 5.56 Å². The van der Waals surface area contributed by atoms with Crippen molar-refractivity contribution in [2.45, 2.75) is 6.92 Å². The van der Waals surface area contributed by atoms with Gasteiger partial charge in [-0.1, -0.05) is 6.07 Å². The van der Waals surface area contributed by atoms with Crippen molar-refractivity contribution < 1.29 is 4.79 Å². The molecule has 5 aromatic rings. The van der Waals surface area contributed by atoms with Crippen molar-refractivity contribution in [1.82, 2.24) is 14.1 Å². The molecule has 0 saturated carbocycles. The molecule has 2 aromatic heterocycles. The van der Waals surface area contributed by atoms with E-state index in [2.05, 4.69) is 20.9 Å². The number of fused-ring (bicyclic) bond motifs is 2. The van der Waals surface area contributed by atoms with Crippen molar-refractivity contribution in [2.75, 3.05) is 5.32 Å². The second-order valence-electron chi connectivity index (χ2n) is 7.84. The van der Waals surface area contributed by atoms with Crippen LogP contribution in [0.5, 0.6) is 0 Å². The lowest BCUT2D eigenvalue weighted by atomic mass is 10.1. The topological polar surface area (TPSA) is 94.9 Å². The van der Waals surface area contributed by atoms with E-state index in [1.54, 1.807) is 19.2 Å². The van der Waals surface area contributed by atoms with E-state index in [1.165, 1.54) is 10.9 Å². The second kappa shape index (κ2) is 7.39. The number of primary amides is 1. The number of nitrogens with two attached hydrogens (primary N) is 1. The molecule has 7 heteroatoms. The quantitative estimate of drug-likeness (QED) is 0.456. The first-order valence-corrected chi connectivity index (χ1v) is 10.1. The molecule has 0 aliphatic heterocycles. The summed E-state index contributed by atoms with van der Waals surface area (Å²) in [5, 5.41) is 4.94. The van der Waals surface area contributed by atoms with Crippen LogP contribution in [0.2, 0.25) is 0 Å². The van der Waals surface area contributed by atoms with Crippen LogP contribution in [-0.4, -0.2) is 20.0 Å². The first-order chi connectivity index (χ1) is 15.4. The molecule has 2 heterocycles. The summed E-state index contributed by atoms with van der Waals surface area (Å²) in [6.07, 6.45) is 3.49. The van der Waals surface area contributed by atoms with E-state index in [-0.39, 0.29) is 5.56 Å². The van der Waals surface area contributed by atoms with Crippen molar-refractivity contribution in [2.24, 2.45) is 12.8 Å². The first-order valence-electron chi connectivity index (χ1n) is 10.1. The van der Waals surface area contributed by atoms with Gasteiger partial charge in [-0.2, -0.15) is 0 Å². The highest BCUT2D eigenvalue weighted by molar-refractivity contribution is 5.97. The van der Waals surface area contributed by atoms with E-state index in [9.17, 15) is 9.59 Å². The Morgan fingerprint density at radius 2 is 1.88 bits per heavy atom. The number of rotatable bonds is 4. The van der Waals surface area contributed by atoms with Crippen LogP contribution >= 0.6 is 0 Å². The van der Waals surface area contributed by atoms with Gasteiger partial charge in [-0.3, -0.25) is 9.59 Å². The third-order valence-electron chi connectivity index (χ3n) is 5.67. The Balaban J connectivity index is 1.54. The third-order valence-corrected chi connectivity index (χ3v) is 5.67. The van der Waals surface area contributed by atoms with E-state index in [0.29, 0.717) is 16.5 Å². The Bertz CT molecular complexity index is 1580. The summed E-state index contributed by atoms with van der Waals surface area (Å²) in [7, 11) is 1.69. The predicted octanol–water partition coefficient (Wildman–Crippen LogP) is 4.03. The van der Waals surface area contributed by atoms with Crippen molar-refractivity contribution in [3.63, 3.8) is 0 Å². The highest BCUT2D eigenvalue weighted by atomic mass is 16.1. The number of hydrogen-bond donors (Lipinski definition) is 2. The minimum absolute atomic E-state index is 0.0849. The summed E-state index contributed by atoms with van der Waals surface area (Å²) in [5.41, 5.74) is 11.2. The van der Waals surface area contributed by atoms with Crippen molar-refractivity contribution in [3.8, 4) is 5.69 Å². The molecule has 0 bridgehead atoms. The lowest BCUT2D eigenvalue weighted by molar-refractivity contribution is 0.100. The average molecular weight is 423 g/mol. The van der Waals surface area contributed by atoms with Gasteiger partial charge in [-0.25, -0.2) is 4.98 Å². The monoisotopic (exact) mass is 423 g/mol. The molecule has 5 rings (SSSR count). The smallest absolute Gasteiger partial charge is 0.260 e. The first kappa shape index (κ1) is 19.6. The molecule has 0 aliphatic carbocycles. The van der Waals surface area contributed by atoms with E-state index >= 15 is 0 Å². The molecule has 0 aliphatic rings. The normalized spacial score (nSPS) is 11.2. The summed E-state index contributed by atoms with van der Waals surface area (Å²) in [4.78, 5) is 28.2. The molecule has 3 aromatic carbocycles. The molecule has 32 heavy (non-hydrogen) atoms. The zero-order valence-corrected chi connectivity index (χ0v) is 17.7. The van der Waals surface area contributed by atoms with Gasteiger partial charge in [0.1, 0.15) is 0 Å². The lowest BCUT2D eigenvalue weighted by Gasteiger charge is -2.14. The van der Waals surface area contributed by atoms with Crippen LogP contribution in [0.3, 0.4) is 0 Å². The molecule has 0 atom stereocenters. The van der Waals surface area contributed by atoms with Gasteiger partial charge in [0.05, 0.1) is 22.7 Å². The number of carbonyl (C=O) groups is 1. The number of aryl methyl sites for hydroxylation is 2. The van der Waals surface area contributed by atoms with E-state index < -0.39 is 5.91 Å². The van der Waals surface area contributed by atoms with Crippen molar-refractivity contribution in [3.05, 3.63) is 94.7 Å². The number of anilines is 2. The molecular formula is C25H21N5O2. The number of nitrogens with zero attached hydrogens (tertiary/aromatic N) is 3. The highest BCUT2D eigenvalue weighted by Gasteiger charge is 2.10. The Labute approximate surface area is 183 Å². The number of nitrogens with one attached hydrogen (secondary N) is 1. The van der Waals surface area contributed by atoms with E-state index in [0.717, 1.165) is 33.5 Å². The van der Waals surface area contributed by atoms with Crippen molar-refractivity contribution >= 4 is 39.1 Å². The van der Waals surface area contributed by atoms with Gasteiger partial charge < -0.3 is 20.2 Å². The zero-order valence-electron chi connectivity index (χ0n) is 17.7. The van der Waals surface area contributed by atoms with Gasteiger partial charge in [-0.05, 0) is 67.1 Å². The minimum atomic E-state index is -0.443. The minimum Gasteiger partial charge on any atom is -0.366 e. The van der Waals surface area contributed by atoms with E-state index in [4.69, 9.17) is 5.73 Å². The highest BCUT2D eigenvalue weighted by Crippen LogP contribution is 2.28. The number of aromatic nitrogens is 3.